The molecular weight excluding hydrogens is 1460 g/mol. The molecule has 116 heavy (non-hydrogen) atoms. The van der Waals surface area contributed by atoms with Crippen molar-refractivity contribution in [3.05, 3.63) is 332 Å². The fraction of sp³-hybridized carbons (Fsp3) is 0.362. The molecule has 0 saturated carbocycles. The number of carbonyl (C=O) groups excluding carboxylic acids is 4. The second-order valence-electron chi connectivity index (χ2n) is 30.2. The summed E-state index contributed by atoms with van der Waals surface area (Å²) in [6.07, 6.45) is 8.46. The van der Waals surface area contributed by atoms with Crippen LogP contribution in [-0.4, -0.2) is 116 Å². The summed E-state index contributed by atoms with van der Waals surface area (Å²) in [5.74, 6) is -4.52. The SMILES string of the molecule is CCC1(CC)c2ccc([nH]2)C[NH+](C)Cc2ccc([nH]2)C(CC)(CC)c2ccc([nH]2)C[NH+](C)Cc2ccc1[nH]2.CCC1(CC)c2ccc([nH]2)C[NH+](C)Cc2ccc([nH]2)C(CC)(CC)c2ccc([nH]2)C[NH+](C)Cc2ccc1[nH]2.CO.CO.O=C([O-])c1ccccc1.O=C([O-])c1ccccc1.O=C([O-])c1ccccc1.O=C([O-])c1ccccc1. The predicted molar refractivity (Wildman–Crippen MR) is 448 cm³/mol. The van der Waals surface area contributed by atoms with Crippen molar-refractivity contribution in [2.75, 3.05) is 42.4 Å². The molecule has 10 heterocycles. The van der Waals surface area contributed by atoms with E-state index in [0.717, 1.165) is 118 Å². The molecule has 0 spiro atoms. The Hall–Kier alpha value is -11.2. The molecule has 22 heteroatoms. The largest absolute Gasteiger partial charge is 0.545 e. The number of benzene rings is 4. The lowest BCUT2D eigenvalue weighted by molar-refractivity contribution is -0.908. The fourth-order valence-corrected chi connectivity index (χ4v) is 16.4. The van der Waals surface area contributed by atoms with Crippen LogP contribution in [0.4, 0.5) is 0 Å². The van der Waals surface area contributed by atoms with Crippen molar-refractivity contribution in [2.45, 2.75) is 181 Å². The summed E-state index contributed by atoms with van der Waals surface area (Å²) in [5.41, 5.74) is 21.8. The molecule has 16 bridgehead atoms. The van der Waals surface area contributed by atoms with Gasteiger partial charge in [-0.05, 0) is 171 Å². The van der Waals surface area contributed by atoms with Crippen molar-refractivity contribution in [3.63, 3.8) is 0 Å². The molecule has 14 rings (SSSR count). The molecule has 0 radical (unpaired) electrons. The summed E-state index contributed by atoms with van der Waals surface area (Å²) >= 11 is 0. The monoisotopic (exact) mass is 1580 g/mol. The summed E-state index contributed by atoms with van der Waals surface area (Å²) in [5, 5.41) is 54.4. The molecule has 0 aliphatic carbocycles. The number of quaternary nitrogens is 4. The van der Waals surface area contributed by atoms with Gasteiger partial charge in [0.25, 0.3) is 0 Å². The quantitative estimate of drug-likeness (QED) is 0.0577. The van der Waals surface area contributed by atoms with Gasteiger partial charge < -0.3 is 109 Å². The van der Waals surface area contributed by atoms with E-state index < -0.39 is 23.9 Å². The number of carboxylic acid groups (broad SMARTS) is 4. The van der Waals surface area contributed by atoms with E-state index in [-0.39, 0.29) is 43.9 Å². The van der Waals surface area contributed by atoms with Crippen molar-refractivity contribution < 1.29 is 69.4 Å². The first-order valence-corrected chi connectivity index (χ1v) is 40.6. The number of hydrogen-bond donors (Lipinski definition) is 14. The predicted octanol–water partition coefficient (Wildman–Crippen LogP) is 7.33. The maximum absolute atomic E-state index is 10.1. The van der Waals surface area contributed by atoms with E-state index in [1.165, 1.54) is 159 Å². The second kappa shape index (κ2) is 44.6. The molecule has 12 aromatic rings. The van der Waals surface area contributed by atoms with Crippen LogP contribution in [0, 0.1) is 0 Å². The molecule has 0 amide bonds. The highest BCUT2D eigenvalue weighted by Crippen LogP contribution is 2.42. The third-order valence-electron chi connectivity index (χ3n) is 22.9. The average molecular weight is 1580 g/mol. The van der Waals surface area contributed by atoms with Crippen LogP contribution in [0.5, 0.6) is 0 Å². The average Bonchev–Trinajstić information content (AvgIpc) is 1.63. The van der Waals surface area contributed by atoms with E-state index in [1.54, 1.807) is 72.8 Å². The van der Waals surface area contributed by atoms with Crippen molar-refractivity contribution in [2.24, 2.45) is 0 Å². The number of aromatic amines is 8. The number of carboxylic acids is 4. The molecule has 0 unspecified atom stereocenters. The Bertz CT molecular complexity index is 4060. The zero-order valence-corrected chi connectivity index (χ0v) is 70.3. The number of hydrogen-bond acceptors (Lipinski definition) is 10. The van der Waals surface area contributed by atoms with Gasteiger partial charge in [-0.1, -0.05) is 177 Å². The topological polar surface area (TPSA) is 345 Å². The lowest BCUT2D eigenvalue weighted by atomic mass is 9.76. The van der Waals surface area contributed by atoms with Gasteiger partial charge in [-0.15, -0.1) is 0 Å². The van der Waals surface area contributed by atoms with Crippen LogP contribution in [0.2, 0.25) is 0 Å². The standard InChI is InChI=1S/2C32H46N6.4C7H6O2.2CH4O/c2*1-7-31(8-2)27-15-11-23(33-27)19-37(5)21-25-13-17-29(35-25)32(9-3,10-4)30-18-14-26(36-30)22-38(6)20-24-12-16-28(31)34-24;4*8-7(9)6-4-2-1-3-5-6;2*1-2/h2*11-18,33-36H,7-10,19-22H2,1-6H3;4*1-5H,(H,8,9);2*2H,1H3. The minimum atomic E-state index is -1.13. The number of rotatable bonds is 12. The van der Waals surface area contributed by atoms with Gasteiger partial charge in [0.2, 0.25) is 0 Å². The summed E-state index contributed by atoms with van der Waals surface area (Å²) in [7, 11) is 11.2. The zero-order chi connectivity index (χ0) is 84.6. The number of fused-ring (bicyclic) bond motifs is 16. The minimum absolute atomic E-state index is 0.0223. The van der Waals surface area contributed by atoms with Crippen LogP contribution >= 0.6 is 0 Å². The van der Waals surface area contributed by atoms with Crippen LogP contribution in [0.15, 0.2) is 218 Å². The van der Waals surface area contributed by atoms with Crippen LogP contribution in [0.1, 0.15) is 239 Å². The van der Waals surface area contributed by atoms with E-state index in [2.05, 4.69) is 221 Å². The third-order valence-corrected chi connectivity index (χ3v) is 22.9. The Morgan fingerprint density at radius 1 is 0.241 bits per heavy atom. The Kier molecular flexibility index (Phi) is 35.3. The van der Waals surface area contributed by atoms with Gasteiger partial charge >= 0.3 is 0 Å². The number of aromatic carboxylic acids is 4. The molecule has 22 nitrogen and oxygen atoms in total. The lowest BCUT2D eigenvalue weighted by Crippen LogP contribution is -3.06. The third kappa shape index (κ3) is 23.5. The van der Waals surface area contributed by atoms with E-state index in [0.29, 0.717) is 0 Å². The van der Waals surface area contributed by atoms with Gasteiger partial charge in [0.1, 0.15) is 52.4 Å². The molecule has 2 aliphatic heterocycles. The van der Waals surface area contributed by atoms with Gasteiger partial charge in [0, 0.05) is 81.4 Å². The minimum Gasteiger partial charge on any atom is -0.545 e. The summed E-state index contributed by atoms with van der Waals surface area (Å²) in [6, 6.07) is 69.2. The number of nitrogens with one attached hydrogen (secondary N) is 12. The van der Waals surface area contributed by atoms with Gasteiger partial charge in [-0.25, -0.2) is 0 Å². The van der Waals surface area contributed by atoms with Crippen molar-refractivity contribution >= 4 is 23.9 Å². The van der Waals surface area contributed by atoms with E-state index in [4.69, 9.17) is 10.2 Å². The molecule has 0 atom stereocenters. The maximum atomic E-state index is 10.1. The van der Waals surface area contributed by atoms with Crippen LogP contribution in [-0.2, 0) is 74.0 Å². The Labute approximate surface area is 684 Å². The first-order chi connectivity index (χ1) is 55.9. The molecule has 14 N–H and O–H groups in total. The molecule has 620 valence electrons. The molecule has 8 aromatic heterocycles. The zero-order valence-electron chi connectivity index (χ0n) is 70.3. The highest BCUT2D eigenvalue weighted by Gasteiger charge is 2.38. The van der Waals surface area contributed by atoms with Gasteiger partial charge in [-0.2, -0.15) is 0 Å². The Morgan fingerprint density at radius 2 is 0.362 bits per heavy atom. The molecule has 2 aliphatic rings. The Balaban J connectivity index is 0.000000218. The van der Waals surface area contributed by atoms with Crippen LogP contribution in [0.25, 0.3) is 0 Å². The molecule has 0 fully saturated rings. The molecule has 4 aromatic carbocycles. The lowest BCUT2D eigenvalue weighted by Gasteiger charge is -2.30. The summed E-state index contributed by atoms with van der Waals surface area (Å²) < 4.78 is 0. The maximum Gasteiger partial charge on any atom is 0.118 e. The normalized spacial score (nSPS) is 16.8. The van der Waals surface area contributed by atoms with Gasteiger partial charge in [0.05, 0.1) is 97.6 Å². The van der Waals surface area contributed by atoms with E-state index in [1.807, 2.05) is 0 Å². The fourth-order valence-electron chi connectivity index (χ4n) is 16.4. The smallest absolute Gasteiger partial charge is 0.118 e. The van der Waals surface area contributed by atoms with Crippen molar-refractivity contribution in [1.82, 2.24) is 39.9 Å². The summed E-state index contributed by atoms with van der Waals surface area (Å²) in [4.78, 5) is 76.9. The number of H-pyrrole nitrogens is 8. The van der Waals surface area contributed by atoms with Crippen molar-refractivity contribution in [1.29, 1.82) is 0 Å². The Morgan fingerprint density at radius 3 is 0.457 bits per heavy atom. The second-order valence-corrected chi connectivity index (χ2v) is 30.2. The number of aliphatic hydroxyl groups is 2. The van der Waals surface area contributed by atoms with Gasteiger partial charge in [0.15, 0.2) is 0 Å². The van der Waals surface area contributed by atoms with Gasteiger partial charge in [-0.3, -0.25) is 0 Å². The first-order valence-electron chi connectivity index (χ1n) is 40.6. The summed E-state index contributed by atoms with van der Waals surface area (Å²) in [6.45, 7) is 26.3. The van der Waals surface area contributed by atoms with Crippen molar-refractivity contribution in [3.8, 4) is 0 Å². The van der Waals surface area contributed by atoms with E-state index in [9.17, 15) is 39.6 Å². The molecule has 0 saturated heterocycles. The number of aromatic nitrogens is 8. The first kappa shape index (κ1) is 91.9. The highest BCUT2D eigenvalue weighted by atomic mass is 16.4. The van der Waals surface area contributed by atoms with Crippen LogP contribution < -0.4 is 40.0 Å². The highest BCUT2D eigenvalue weighted by molar-refractivity contribution is 5.87. The van der Waals surface area contributed by atoms with E-state index >= 15 is 0 Å². The van der Waals surface area contributed by atoms with Crippen LogP contribution in [0.3, 0.4) is 0 Å². The molecular formula is C94H124N12O10. The number of aliphatic hydroxyl groups excluding tert-OH is 2. The number of carbonyl (C=O) groups is 4.